The molecule has 13 heteroatoms. The van der Waals surface area contributed by atoms with Crippen molar-refractivity contribution in [3.05, 3.63) is 59.2 Å². The lowest BCUT2D eigenvalue weighted by atomic mass is 10.1. The second-order valence-electron chi connectivity index (χ2n) is 7.52. The standard InChI is InChI=1S/C23H19N7O6/c1-35-17-5-3-14-10-30(22(33)18(14)7-17)11-16(27-23(34)26-12-31)4-2-13-6-15(9-25-8-13)20-28-21(19(24)32)36-29-20/h3,5-9,12,16H,10-11H2,1H3,(H2,24,32)(H2,26,27,31,34)/t16-/m1/s1. The first-order chi connectivity index (χ1) is 17.4. The Balaban J connectivity index is 1.55. The fourth-order valence-corrected chi connectivity index (χ4v) is 3.46. The van der Waals surface area contributed by atoms with Gasteiger partial charge in [-0.2, -0.15) is 4.98 Å². The molecule has 182 valence electrons. The number of hydrogen-bond acceptors (Lipinski definition) is 9. The van der Waals surface area contributed by atoms with Gasteiger partial charge in [0.2, 0.25) is 12.2 Å². The van der Waals surface area contributed by atoms with E-state index in [1.54, 1.807) is 24.3 Å². The van der Waals surface area contributed by atoms with Crippen molar-refractivity contribution in [1.82, 2.24) is 30.7 Å². The van der Waals surface area contributed by atoms with E-state index in [1.807, 2.05) is 5.32 Å². The van der Waals surface area contributed by atoms with Crippen molar-refractivity contribution in [2.45, 2.75) is 12.6 Å². The quantitative estimate of drug-likeness (QED) is 0.305. The van der Waals surface area contributed by atoms with E-state index in [2.05, 4.69) is 32.3 Å². The van der Waals surface area contributed by atoms with Crippen molar-refractivity contribution < 1.29 is 28.4 Å². The Labute approximate surface area is 204 Å². The highest BCUT2D eigenvalue weighted by Crippen LogP contribution is 2.26. The molecule has 0 fully saturated rings. The molecule has 13 nitrogen and oxygen atoms in total. The van der Waals surface area contributed by atoms with Crippen LogP contribution in [0.15, 0.2) is 41.2 Å². The molecule has 0 bridgehead atoms. The summed E-state index contributed by atoms with van der Waals surface area (Å²) in [5.41, 5.74) is 7.30. The van der Waals surface area contributed by atoms with Crippen LogP contribution < -0.4 is 21.1 Å². The summed E-state index contributed by atoms with van der Waals surface area (Å²) < 4.78 is 9.97. The molecule has 5 amide bonds. The molecule has 36 heavy (non-hydrogen) atoms. The maximum atomic E-state index is 12.9. The molecule has 1 atom stereocenters. The monoisotopic (exact) mass is 489 g/mol. The lowest BCUT2D eigenvalue weighted by Crippen LogP contribution is -2.46. The van der Waals surface area contributed by atoms with Gasteiger partial charge >= 0.3 is 17.8 Å². The first-order valence-electron chi connectivity index (χ1n) is 10.4. The molecule has 4 rings (SSSR count). The molecule has 0 saturated heterocycles. The number of hydrogen-bond donors (Lipinski definition) is 3. The maximum Gasteiger partial charge on any atom is 0.322 e. The zero-order chi connectivity index (χ0) is 25.7. The minimum absolute atomic E-state index is 0.0506. The smallest absolute Gasteiger partial charge is 0.322 e. The summed E-state index contributed by atoms with van der Waals surface area (Å²) in [6.07, 6.45) is 3.15. The molecule has 3 aromatic rings. The topological polar surface area (TPSA) is 183 Å². The van der Waals surface area contributed by atoms with Crippen molar-refractivity contribution in [2.24, 2.45) is 5.73 Å². The molecule has 0 aliphatic carbocycles. The second kappa shape index (κ2) is 10.3. The Morgan fingerprint density at radius 2 is 2.17 bits per heavy atom. The van der Waals surface area contributed by atoms with Crippen molar-refractivity contribution in [2.75, 3.05) is 13.7 Å². The SMILES string of the molecule is COc1ccc2c(c1)C(=O)N(C[C@@H](C#Cc1cncc(-c3noc(C(N)=O)n3)c1)NC(=O)NC=O)C2. The molecular weight excluding hydrogens is 470 g/mol. The number of nitrogens with zero attached hydrogens (tertiary/aromatic N) is 4. The van der Waals surface area contributed by atoms with Crippen molar-refractivity contribution in [3.63, 3.8) is 0 Å². The molecule has 1 aliphatic heterocycles. The van der Waals surface area contributed by atoms with E-state index >= 15 is 0 Å². The zero-order valence-corrected chi connectivity index (χ0v) is 18.8. The molecule has 0 radical (unpaired) electrons. The van der Waals surface area contributed by atoms with Crippen molar-refractivity contribution in [1.29, 1.82) is 0 Å². The number of ether oxygens (including phenoxy) is 1. The third-order valence-corrected chi connectivity index (χ3v) is 5.12. The van der Waals surface area contributed by atoms with Crippen molar-refractivity contribution >= 4 is 24.3 Å². The third-order valence-electron chi connectivity index (χ3n) is 5.12. The highest BCUT2D eigenvalue weighted by molar-refractivity contribution is 5.98. The highest BCUT2D eigenvalue weighted by Gasteiger charge is 2.29. The number of amides is 5. The third kappa shape index (κ3) is 5.28. The number of benzene rings is 1. The Bertz CT molecular complexity index is 1410. The molecule has 3 heterocycles. The summed E-state index contributed by atoms with van der Waals surface area (Å²) in [5.74, 6) is 4.97. The Kier molecular flexibility index (Phi) is 6.87. The van der Waals surface area contributed by atoms with Crippen molar-refractivity contribution in [3.8, 4) is 29.0 Å². The maximum absolute atomic E-state index is 12.9. The summed E-state index contributed by atoms with van der Waals surface area (Å²) >= 11 is 0. The lowest BCUT2D eigenvalue weighted by Gasteiger charge is -2.21. The Hall–Kier alpha value is -5.25. The van der Waals surface area contributed by atoms with Gasteiger partial charge in [0.1, 0.15) is 11.8 Å². The number of pyridine rings is 1. The van der Waals surface area contributed by atoms with E-state index in [0.29, 0.717) is 29.0 Å². The molecule has 1 aromatic carbocycles. The predicted molar refractivity (Wildman–Crippen MR) is 122 cm³/mol. The summed E-state index contributed by atoms with van der Waals surface area (Å²) in [6, 6.07) is 5.22. The van der Waals surface area contributed by atoms with Crippen LogP contribution in [0.25, 0.3) is 11.4 Å². The van der Waals surface area contributed by atoms with Gasteiger partial charge in [-0.05, 0) is 23.8 Å². The van der Waals surface area contributed by atoms with Crippen LogP contribution in [0, 0.1) is 11.8 Å². The van der Waals surface area contributed by atoms with Crippen LogP contribution in [-0.4, -0.2) is 64.0 Å². The van der Waals surface area contributed by atoms with Gasteiger partial charge in [0, 0.05) is 35.6 Å². The number of carbonyl (C=O) groups excluding carboxylic acids is 4. The average Bonchev–Trinajstić information content (AvgIpc) is 3.48. The van der Waals surface area contributed by atoms with Gasteiger partial charge in [-0.3, -0.25) is 24.7 Å². The summed E-state index contributed by atoms with van der Waals surface area (Å²) in [5, 5.41) is 8.24. The van der Waals surface area contributed by atoms with E-state index in [9.17, 15) is 19.2 Å². The fraction of sp³-hybridized carbons (Fsp3) is 0.174. The normalized spacial score (nSPS) is 12.7. The van der Waals surface area contributed by atoms with Gasteiger partial charge in [-0.25, -0.2) is 4.79 Å². The minimum atomic E-state index is -0.864. The van der Waals surface area contributed by atoms with E-state index in [-0.39, 0.29) is 30.6 Å². The number of aromatic nitrogens is 3. The zero-order valence-electron chi connectivity index (χ0n) is 18.8. The number of urea groups is 1. The van der Waals surface area contributed by atoms with E-state index in [4.69, 9.17) is 15.0 Å². The van der Waals surface area contributed by atoms with E-state index in [0.717, 1.165) is 5.56 Å². The summed E-state index contributed by atoms with van der Waals surface area (Å²) in [6.45, 7) is 0.374. The summed E-state index contributed by atoms with van der Waals surface area (Å²) in [4.78, 5) is 56.3. The van der Waals surface area contributed by atoms with Crippen LogP contribution >= 0.6 is 0 Å². The number of rotatable bonds is 7. The van der Waals surface area contributed by atoms with Crippen LogP contribution in [0.4, 0.5) is 4.79 Å². The van der Waals surface area contributed by atoms with Gasteiger partial charge in [0.25, 0.3) is 5.91 Å². The number of primary amides is 1. The molecule has 0 spiro atoms. The van der Waals surface area contributed by atoms with Crippen LogP contribution in [0.5, 0.6) is 5.75 Å². The highest BCUT2D eigenvalue weighted by atomic mass is 16.5. The van der Waals surface area contributed by atoms with Gasteiger partial charge in [0.05, 0.1) is 13.7 Å². The van der Waals surface area contributed by atoms with Crippen LogP contribution in [-0.2, 0) is 11.3 Å². The van der Waals surface area contributed by atoms with Gasteiger partial charge in [-0.1, -0.05) is 23.1 Å². The second-order valence-corrected chi connectivity index (χ2v) is 7.52. The molecule has 1 aliphatic rings. The van der Waals surface area contributed by atoms with Crippen LogP contribution in [0.2, 0.25) is 0 Å². The van der Waals surface area contributed by atoms with Gasteiger partial charge < -0.3 is 25.2 Å². The van der Waals surface area contributed by atoms with Crippen LogP contribution in [0.1, 0.15) is 32.2 Å². The molecule has 4 N–H and O–H groups in total. The summed E-state index contributed by atoms with van der Waals surface area (Å²) in [7, 11) is 1.51. The number of nitrogens with one attached hydrogen (secondary N) is 2. The number of methoxy groups -OCH3 is 1. The Morgan fingerprint density at radius 1 is 1.33 bits per heavy atom. The number of fused-ring (bicyclic) bond motifs is 1. The van der Waals surface area contributed by atoms with E-state index < -0.39 is 18.0 Å². The predicted octanol–water partition coefficient (Wildman–Crippen LogP) is 0.0708. The molecule has 0 unspecified atom stereocenters. The van der Waals surface area contributed by atoms with Gasteiger partial charge in [0.15, 0.2) is 0 Å². The molecular formula is C23H19N7O6. The first kappa shape index (κ1) is 23.9. The van der Waals surface area contributed by atoms with Gasteiger partial charge in [-0.15, -0.1) is 0 Å². The first-order valence-corrected chi connectivity index (χ1v) is 10.4. The Morgan fingerprint density at radius 3 is 2.89 bits per heavy atom. The van der Waals surface area contributed by atoms with E-state index in [1.165, 1.54) is 24.4 Å². The molecule has 0 saturated carbocycles. The number of imide groups is 1. The minimum Gasteiger partial charge on any atom is -0.497 e. The molecule has 2 aromatic heterocycles. The average molecular weight is 489 g/mol. The fourth-order valence-electron chi connectivity index (χ4n) is 3.46. The largest absolute Gasteiger partial charge is 0.497 e. The lowest BCUT2D eigenvalue weighted by molar-refractivity contribution is -0.108. The number of carbonyl (C=O) groups is 4. The number of nitrogens with two attached hydrogens (primary N) is 1. The van der Waals surface area contributed by atoms with Crippen LogP contribution in [0.3, 0.4) is 0 Å².